The number of hydrogen-bond donors (Lipinski definition) is 1. The summed E-state index contributed by atoms with van der Waals surface area (Å²) >= 11 is 0. The Balaban J connectivity index is 1.74. The summed E-state index contributed by atoms with van der Waals surface area (Å²) in [6.45, 7) is 4.74. The molecule has 0 aliphatic carbocycles. The van der Waals surface area contributed by atoms with E-state index in [-0.39, 0.29) is 0 Å². The smallest absolute Gasteiger partial charge is 0.157 e. The zero-order valence-corrected chi connectivity index (χ0v) is 12.0. The maximum atomic E-state index is 5.67. The fourth-order valence-corrected chi connectivity index (χ4v) is 1.86. The Labute approximate surface area is 119 Å². The van der Waals surface area contributed by atoms with E-state index in [0.29, 0.717) is 13.2 Å². The second-order valence-electron chi connectivity index (χ2n) is 4.41. The molecule has 5 nitrogen and oxygen atoms in total. The average molecular weight is 275 g/mol. The number of hydrogen-bond acceptors (Lipinski definition) is 4. The van der Waals surface area contributed by atoms with Crippen LogP contribution in [-0.4, -0.2) is 30.0 Å². The van der Waals surface area contributed by atoms with Gasteiger partial charge in [-0.1, -0.05) is 12.1 Å². The molecular weight excluding hydrogens is 254 g/mol. The molecule has 0 amide bonds. The standard InChI is InChI=1S/C15H21N3O2/c1-3-18-12-15(11-17-18)20-8-7-19-14-6-4-5-13(9-14)10-16-2/h4-6,9,11-12,16H,3,7-8,10H2,1-2H3. The molecule has 1 aromatic carbocycles. The number of aryl methyl sites for hydroxylation is 1. The van der Waals surface area contributed by atoms with Crippen LogP contribution in [0.1, 0.15) is 12.5 Å². The molecular formula is C15H21N3O2. The van der Waals surface area contributed by atoms with Crippen LogP contribution in [0, 0.1) is 0 Å². The Bertz CT molecular complexity index is 525. The lowest BCUT2D eigenvalue weighted by Crippen LogP contribution is -2.09. The molecule has 2 rings (SSSR count). The van der Waals surface area contributed by atoms with Gasteiger partial charge in [-0.3, -0.25) is 4.68 Å². The van der Waals surface area contributed by atoms with Gasteiger partial charge < -0.3 is 14.8 Å². The Kier molecular flexibility index (Phi) is 5.43. The summed E-state index contributed by atoms with van der Waals surface area (Å²) in [6.07, 6.45) is 3.60. The second-order valence-corrected chi connectivity index (χ2v) is 4.41. The molecule has 0 unspecified atom stereocenters. The third-order valence-corrected chi connectivity index (χ3v) is 2.83. The largest absolute Gasteiger partial charge is 0.490 e. The number of aromatic nitrogens is 2. The molecule has 5 heteroatoms. The fourth-order valence-electron chi connectivity index (χ4n) is 1.86. The van der Waals surface area contributed by atoms with Crippen LogP contribution in [0.5, 0.6) is 11.5 Å². The molecule has 0 radical (unpaired) electrons. The van der Waals surface area contributed by atoms with Crippen LogP contribution in [0.3, 0.4) is 0 Å². The van der Waals surface area contributed by atoms with Gasteiger partial charge in [0.2, 0.25) is 0 Å². The first kappa shape index (κ1) is 14.4. The minimum atomic E-state index is 0.506. The van der Waals surface area contributed by atoms with Crippen molar-refractivity contribution in [2.45, 2.75) is 20.0 Å². The highest BCUT2D eigenvalue weighted by Crippen LogP contribution is 2.13. The molecule has 1 N–H and O–H groups in total. The number of benzene rings is 1. The third-order valence-electron chi connectivity index (χ3n) is 2.83. The molecule has 2 aromatic rings. The van der Waals surface area contributed by atoms with E-state index in [9.17, 15) is 0 Å². The summed E-state index contributed by atoms with van der Waals surface area (Å²) in [7, 11) is 1.93. The van der Waals surface area contributed by atoms with Crippen LogP contribution in [0.15, 0.2) is 36.7 Å². The number of ether oxygens (including phenoxy) is 2. The van der Waals surface area contributed by atoms with E-state index in [4.69, 9.17) is 9.47 Å². The molecule has 0 saturated heterocycles. The fraction of sp³-hybridized carbons (Fsp3) is 0.400. The van der Waals surface area contributed by atoms with Gasteiger partial charge in [0.15, 0.2) is 5.75 Å². The van der Waals surface area contributed by atoms with Crippen molar-refractivity contribution in [3.63, 3.8) is 0 Å². The highest BCUT2D eigenvalue weighted by Gasteiger charge is 1.99. The highest BCUT2D eigenvalue weighted by atomic mass is 16.5. The van der Waals surface area contributed by atoms with E-state index in [1.54, 1.807) is 6.20 Å². The van der Waals surface area contributed by atoms with Crippen LogP contribution >= 0.6 is 0 Å². The molecule has 0 spiro atoms. The lowest BCUT2D eigenvalue weighted by atomic mass is 10.2. The van der Waals surface area contributed by atoms with Gasteiger partial charge >= 0.3 is 0 Å². The van der Waals surface area contributed by atoms with Crippen LogP contribution < -0.4 is 14.8 Å². The molecule has 20 heavy (non-hydrogen) atoms. The quantitative estimate of drug-likeness (QED) is 0.749. The summed E-state index contributed by atoms with van der Waals surface area (Å²) in [5, 5.41) is 7.27. The van der Waals surface area contributed by atoms with Crippen LogP contribution in [0.2, 0.25) is 0 Å². The lowest BCUT2D eigenvalue weighted by molar-refractivity contribution is 0.217. The van der Waals surface area contributed by atoms with Gasteiger partial charge in [0.1, 0.15) is 19.0 Å². The maximum Gasteiger partial charge on any atom is 0.157 e. The van der Waals surface area contributed by atoms with Crippen LogP contribution in [-0.2, 0) is 13.1 Å². The molecule has 0 atom stereocenters. The predicted molar refractivity (Wildman–Crippen MR) is 78.1 cm³/mol. The summed E-state index contributed by atoms with van der Waals surface area (Å²) in [4.78, 5) is 0. The predicted octanol–water partition coefficient (Wildman–Crippen LogP) is 2.08. The normalized spacial score (nSPS) is 10.5. The van der Waals surface area contributed by atoms with Gasteiger partial charge in [-0.05, 0) is 31.7 Å². The minimum absolute atomic E-state index is 0.506. The van der Waals surface area contributed by atoms with E-state index in [1.165, 1.54) is 5.56 Å². The molecule has 0 fully saturated rings. The Hall–Kier alpha value is -2.01. The summed E-state index contributed by atoms with van der Waals surface area (Å²) < 4.78 is 13.1. The van der Waals surface area contributed by atoms with E-state index in [2.05, 4.69) is 16.5 Å². The van der Waals surface area contributed by atoms with Crippen molar-refractivity contribution >= 4 is 0 Å². The van der Waals surface area contributed by atoms with Gasteiger partial charge in [-0.15, -0.1) is 0 Å². The minimum Gasteiger partial charge on any atom is -0.490 e. The molecule has 0 saturated carbocycles. The molecule has 108 valence electrons. The van der Waals surface area contributed by atoms with Crippen molar-refractivity contribution in [3.8, 4) is 11.5 Å². The zero-order valence-electron chi connectivity index (χ0n) is 12.0. The molecule has 1 heterocycles. The van der Waals surface area contributed by atoms with Crippen molar-refractivity contribution in [1.29, 1.82) is 0 Å². The third kappa shape index (κ3) is 4.28. The lowest BCUT2D eigenvalue weighted by Gasteiger charge is -2.08. The number of nitrogens with one attached hydrogen (secondary N) is 1. The van der Waals surface area contributed by atoms with Gasteiger partial charge in [-0.25, -0.2) is 0 Å². The van der Waals surface area contributed by atoms with Gasteiger partial charge in [-0.2, -0.15) is 5.10 Å². The summed E-state index contributed by atoms with van der Waals surface area (Å²) in [5.74, 6) is 1.64. The zero-order chi connectivity index (χ0) is 14.2. The van der Waals surface area contributed by atoms with Gasteiger partial charge in [0, 0.05) is 13.1 Å². The molecule has 0 aliphatic heterocycles. The van der Waals surface area contributed by atoms with Gasteiger partial charge in [0.25, 0.3) is 0 Å². The Morgan fingerprint density at radius 2 is 2.00 bits per heavy atom. The monoisotopic (exact) mass is 275 g/mol. The van der Waals surface area contributed by atoms with Crippen molar-refractivity contribution in [2.75, 3.05) is 20.3 Å². The number of nitrogens with zero attached hydrogens (tertiary/aromatic N) is 2. The Morgan fingerprint density at radius 1 is 1.20 bits per heavy atom. The second kappa shape index (κ2) is 7.55. The van der Waals surface area contributed by atoms with Crippen LogP contribution in [0.25, 0.3) is 0 Å². The number of rotatable bonds is 8. The molecule has 0 bridgehead atoms. The average Bonchev–Trinajstić information content (AvgIpc) is 2.92. The van der Waals surface area contributed by atoms with Crippen molar-refractivity contribution in [3.05, 3.63) is 42.2 Å². The molecule has 0 aliphatic rings. The SMILES string of the molecule is CCn1cc(OCCOc2cccc(CNC)c2)cn1. The summed E-state index contributed by atoms with van der Waals surface area (Å²) in [6, 6.07) is 8.05. The van der Waals surface area contributed by atoms with E-state index < -0.39 is 0 Å². The van der Waals surface area contributed by atoms with Gasteiger partial charge in [0.05, 0.1) is 12.4 Å². The van der Waals surface area contributed by atoms with E-state index in [0.717, 1.165) is 24.6 Å². The first-order valence-corrected chi connectivity index (χ1v) is 6.83. The topological polar surface area (TPSA) is 48.3 Å². The Morgan fingerprint density at radius 3 is 2.70 bits per heavy atom. The summed E-state index contributed by atoms with van der Waals surface area (Å²) in [5.41, 5.74) is 1.20. The first-order chi connectivity index (χ1) is 9.81. The van der Waals surface area contributed by atoms with E-state index in [1.807, 2.05) is 43.0 Å². The van der Waals surface area contributed by atoms with Crippen molar-refractivity contribution in [1.82, 2.24) is 15.1 Å². The van der Waals surface area contributed by atoms with Crippen molar-refractivity contribution in [2.24, 2.45) is 0 Å². The molecule has 1 aromatic heterocycles. The maximum absolute atomic E-state index is 5.67. The van der Waals surface area contributed by atoms with Crippen molar-refractivity contribution < 1.29 is 9.47 Å². The highest BCUT2D eigenvalue weighted by molar-refractivity contribution is 5.28. The van der Waals surface area contributed by atoms with E-state index >= 15 is 0 Å². The first-order valence-electron chi connectivity index (χ1n) is 6.83. The van der Waals surface area contributed by atoms with Crippen LogP contribution in [0.4, 0.5) is 0 Å².